The number of carbonyl (C=O) groups excluding carboxylic acids is 1. The average Bonchev–Trinajstić information content (AvgIpc) is 2.87. The second kappa shape index (κ2) is 10.1. The Balaban J connectivity index is 1.68. The molecule has 0 saturated heterocycles. The van der Waals surface area contributed by atoms with Gasteiger partial charge in [-0.25, -0.2) is 19.3 Å². The zero-order chi connectivity index (χ0) is 23.9. The summed E-state index contributed by atoms with van der Waals surface area (Å²) in [4.78, 5) is 37.8. The molecule has 0 aliphatic rings. The summed E-state index contributed by atoms with van der Waals surface area (Å²) in [6, 6.07) is 19.4. The largest absolute Gasteiger partial charge is 0.355 e. The van der Waals surface area contributed by atoms with Crippen LogP contribution in [0.3, 0.4) is 0 Å². The molecule has 11 heteroatoms. The van der Waals surface area contributed by atoms with E-state index in [1.807, 2.05) is 30.3 Å². The number of amides is 1. The second-order valence-corrected chi connectivity index (χ2v) is 7.00. The van der Waals surface area contributed by atoms with Gasteiger partial charge in [0.15, 0.2) is 0 Å². The zero-order valence-electron chi connectivity index (χ0n) is 17.6. The number of benzene rings is 2. The molecule has 0 radical (unpaired) electrons. The monoisotopic (exact) mass is 459 g/mol. The molecule has 0 unspecified atom stereocenters. The van der Waals surface area contributed by atoms with Crippen LogP contribution in [0.1, 0.15) is 15.9 Å². The van der Waals surface area contributed by atoms with Gasteiger partial charge < -0.3 is 4.90 Å². The summed E-state index contributed by atoms with van der Waals surface area (Å²) in [5, 5.41) is 12.1. The van der Waals surface area contributed by atoms with Gasteiger partial charge in [0.1, 0.15) is 18.0 Å². The Labute approximate surface area is 193 Å². The van der Waals surface area contributed by atoms with Gasteiger partial charge in [0.25, 0.3) is 5.91 Å². The van der Waals surface area contributed by atoms with E-state index in [4.69, 9.17) is 0 Å². The summed E-state index contributed by atoms with van der Waals surface area (Å²) in [6.45, 7) is 0.247. The number of halogens is 1. The van der Waals surface area contributed by atoms with Crippen LogP contribution in [0.15, 0.2) is 85.3 Å². The predicted octanol–water partition coefficient (Wildman–Crippen LogP) is 4.01. The fourth-order valence-corrected chi connectivity index (χ4v) is 3.16. The van der Waals surface area contributed by atoms with E-state index in [-0.39, 0.29) is 23.7 Å². The maximum Gasteiger partial charge on any atom is 0.355 e. The Hall–Kier alpha value is -4.93. The lowest BCUT2D eigenvalue weighted by molar-refractivity contribution is -0.383. The van der Waals surface area contributed by atoms with Gasteiger partial charge in [0, 0.05) is 11.8 Å². The van der Waals surface area contributed by atoms with E-state index in [1.165, 1.54) is 12.1 Å². The van der Waals surface area contributed by atoms with Crippen molar-refractivity contribution in [3.8, 4) is 0 Å². The van der Waals surface area contributed by atoms with Crippen LogP contribution in [0.2, 0.25) is 0 Å². The molecular formula is C23H18FN7O3. The van der Waals surface area contributed by atoms with Crippen LogP contribution in [-0.4, -0.2) is 25.8 Å². The average molecular weight is 459 g/mol. The molecule has 170 valence electrons. The van der Waals surface area contributed by atoms with Gasteiger partial charge in [-0.15, -0.1) is 0 Å². The smallest absolute Gasteiger partial charge is 0.301 e. The van der Waals surface area contributed by atoms with Crippen molar-refractivity contribution in [2.24, 2.45) is 0 Å². The molecule has 0 atom stereocenters. The number of aromatic nitrogens is 3. The molecular weight excluding hydrogens is 441 g/mol. The third kappa shape index (κ3) is 5.10. The molecule has 0 aliphatic carbocycles. The van der Waals surface area contributed by atoms with Gasteiger partial charge in [0.05, 0.1) is 11.5 Å². The highest BCUT2D eigenvalue weighted by atomic mass is 19.1. The van der Waals surface area contributed by atoms with E-state index in [2.05, 4.69) is 25.8 Å². The third-order valence-electron chi connectivity index (χ3n) is 4.75. The Morgan fingerprint density at radius 3 is 2.38 bits per heavy atom. The topological polar surface area (TPSA) is 126 Å². The molecule has 0 spiro atoms. The van der Waals surface area contributed by atoms with Crippen molar-refractivity contribution in [1.82, 2.24) is 20.4 Å². The molecule has 4 rings (SSSR count). The highest BCUT2D eigenvalue weighted by molar-refractivity contribution is 5.95. The number of hydrogen-bond donors (Lipinski definition) is 2. The number of anilines is 3. The maximum atomic E-state index is 13.1. The van der Waals surface area contributed by atoms with Crippen LogP contribution < -0.4 is 15.8 Å². The number of hydrazine groups is 1. The summed E-state index contributed by atoms with van der Waals surface area (Å²) >= 11 is 0. The molecule has 0 bridgehead atoms. The molecule has 10 nitrogen and oxygen atoms in total. The minimum Gasteiger partial charge on any atom is -0.301 e. The number of hydrogen-bond acceptors (Lipinski definition) is 8. The maximum absolute atomic E-state index is 13.1. The first-order chi connectivity index (χ1) is 16.5. The van der Waals surface area contributed by atoms with Gasteiger partial charge in [-0.05, 0) is 42.0 Å². The van der Waals surface area contributed by atoms with Crippen molar-refractivity contribution in [2.75, 3.05) is 10.3 Å². The summed E-state index contributed by atoms with van der Waals surface area (Å²) in [5.74, 6) is -0.913. The molecule has 1 amide bonds. The fourth-order valence-electron chi connectivity index (χ4n) is 3.16. The highest BCUT2D eigenvalue weighted by Gasteiger charge is 2.29. The minimum absolute atomic E-state index is 0.0129. The van der Waals surface area contributed by atoms with Crippen LogP contribution in [0.4, 0.5) is 27.5 Å². The Morgan fingerprint density at radius 1 is 0.971 bits per heavy atom. The van der Waals surface area contributed by atoms with E-state index < -0.39 is 22.3 Å². The van der Waals surface area contributed by atoms with E-state index >= 15 is 0 Å². The van der Waals surface area contributed by atoms with Gasteiger partial charge in [-0.2, -0.15) is 0 Å². The molecule has 2 aromatic heterocycles. The number of pyridine rings is 1. The Morgan fingerprint density at radius 2 is 1.71 bits per heavy atom. The van der Waals surface area contributed by atoms with E-state index in [0.29, 0.717) is 5.82 Å². The Bertz CT molecular complexity index is 1290. The minimum atomic E-state index is -0.636. The lowest BCUT2D eigenvalue weighted by Gasteiger charge is -2.23. The zero-order valence-corrected chi connectivity index (χ0v) is 17.6. The SMILES string of the molecule is O=C(NNc1ncnc(N(Cc2ccccc2)c2ccccn2)c1[N+](=O)[O-])c1ccc(F)cc1. The first-order valence-electron chi connectivity index (χ1n) is 10.1. The quantitative estimate of drug-likeness (QED) is 0.299. The molecule has 0 fully saturated rings. The van der Waals surface area contributed by atoms with E-state index in [0.717, 1.165) is 24.0 Å². The van der Waals surface area contributed by atoms with Crippen LogP contribution in [0.25, 0.3) is 0 Å². The van der Waals surface area contributed by atoms with Crippen LogP contribution >= 0.6 is 0 Å². The third-order valence-corrected chi connectivity index (χ3v) is 4.75. The van der Waals surface area contributed by atoms with E-state index in [1.54, 1.807) is 29.3 Å². The molecule has 0 aliphatic heterocycles. The van der Waals surface area contributed by atoms with Gasteiger partial charge in [-0.3, -0.25) is 25.8 Å². The number of nitrogens with zero attached hydrogens (tertiary/aromatic N) is 5. The van der Waals surface area contributed by atoms with Crippen LogP contribution in [0.5, 0.6) is 0 Å². The first kappa shape index (κ1) is 22.3. The molecule has 34 heavy (non-hydrogen) atoms. The lowest BCUT2D eigenvalue weighted by Crippen LogP contribution is -2.30. The highest BCUT2D eigenvalue weighted by Crippen LogP contribution is 2.35. The number of nitro groups is 1. The first-order valence-corrected chi connectivity index (χ1v) is 10.1. The molecule has 2 heterocycles. The van der Waals surface area contributed by atoms with Gasteiger partial charge in [-0.1, -0.05) is 36.4 Å². The Kier molecular flexibility index (Phi) is 6.63. The van der Waals surface area contributed by atoms with Crippen LogP contribution in [-0.2, 0) is 6.54 Å². The number of rotatable bonds is 8. The molecule has 2 N–H and O–H groups in total. The molecule has 4 aromatic rings. The van der Waals surface area contributed by atoms with Crippen molar-refractivity contribution in [1.29, 1.82) is 0 Å². The number of nitrogens with one attached hydrogen (secondary N) is 2. The predicted molar refractivity (Wildman–Crippen MR) is 123 cm³/mol. The standard InChI is InChI=1S/C23H18FN7O3/c24-18-11-9-17(10-12-18)23(32)29-28-21-20(31(33)34)22(27-15-26-21)30(19-8-4-5-13-25-19)14-16-6-2-1-3-7-16/h1-13,15H,14H2,(H,29,32)(H,26,27,28). The summed E-state index contributed by atoms with van der Waals surface area (Å²) in [5.41, 5.74) is 5.41. The summed E-state index contributed by atoms with van der Waals surface area (Å²) in [6.07, 6.45) is 2.72. The normalized spacial score (nSPS) is 10.4. The van der Waals surface area contributed by atoms with Crippen molar-refractivity contribution in [2.45, 2.75) is 6.54 Å². The van der Waals surface area contributed by atoms with Gasteiger partial charge >= 0.3 is 5.69 Å². The summed E-state index contributed by atoms with van der Waals surface area (Å²) < 4.78 is 13.1. The number of carbonyl (C=O) groups is 1. The van der Waals surface area contributed by atoms with Crippen molar-refractivity contribution >= 4 is 29.0 Å². The summed E-state index contributed by atoms with van der Waals surface area (Å²) in [7, 11) is 0. The molecule has 0 saturated carbocycles. The van der Waals surface area contributed by atoms with Crippen molar-refractivity contribution < 1.29 is 14.1 Å². The van der Waals surface area contributed by atoms with Crippen molar-refractivity contribution in [3.05, 3.63) is 112 Å². The van der Waals surface area contributed by atoms with Gasteiger partial charge in [0.2, 0.25) is 11.6 Å². The molecule has 2 aromatic carbocycles. The van der Waals surface area contributed by atoms with Crippen molar-refractivity contribution in [3.63, 3.8) is 0 Å². The van der Waals surface area contributed by atoms with Crippen LogP contribution in [0, 0.1) is 15.9 Å². The lowest BCUT2D eigenvalue weighted by atomic mass is 10.2. The second-order valence-electron chi connectivity index (χ2n) is 7.00. The van der Waals surface area contributed by atoms with E-state index in [9.17, 15) is 19.3 Å². The fraction of sp³-hybridized carbons (Fsp3) is 0.0435.